The summed E-state index contributed by atoms with van der Waals surface area (Å²) in [5.41, 5.74) is -0.300. The molecule has 1 aromatic rings. The van der Waals surface area contributed by atoms with E-state index in [2.05, 4.69) is 16.7 Å². The molecule has 7 nitrogen and oxygen atoms in total. The van der Waals surface area contributed by atoms with Crippen LogP contribution >= 0.6 is 0 Å². The van der Waals surface area contributed by atoms with Gasteiger partial charge in [0, 0.05) is 18.8 Å². The van der Waals surface area contributed by atoms with Crippen LogP contribution in [-0.2, 0) is 14.8 Å². The van der Waals surface area contributed by atoms with Crippen LogP contribution in [0.15, 0.2) is 29.2 Å². The molecule has 0 radical (unpaired) electrons. The van der Waals surface area contributed by atoms with Crippen molar-refractivity contribution in [2.75, 3.05) is 25.0 Å². The van der Waals surface area contributed by atoms with Gasteiger partial charge in [0.15, 0.2) is 0 Å². The van der Waals surface area contributed by atoms with Gasteiger partial charge in [-0.15, -0.1) is 0 Å². The number of nitrogens with one attached hydrogen (secondary N) is 2. The largest absolute Gasteiger partial charge is 0.376 e. The molecule has 1 atom stereocenters. The molecule has 2 N–H and O–H groups in total. The highest BCUT2D eigenvalue weighted by Gasteiger charge is 2.42. The van der Waals surface area contributed by atoms with Crippen molar-refractivity contribution < 1.29 is 13.2 Å². The third-order valence-corrected chi connectivity index (χ3v) is 6.70. The zero-order valence-corrected chi connectivity index (χ0v) is 16.3. The maximum Gasteiger partial charge on any atom is 0.243 e. The molecule has 1 aliphatic carbocycles. The summed E-state index contributed by atoms with van der Waals surface area (Å²) in [5, 5.41) is 15.0. The number of sulfonamides is 1. The molecule has 1 saturated carbocycles. The van der Waals surface area contributed by atoms with E-state index in [1.807, 2.05) is 0 Å². The Morgan fingerprint density at radius 3 is 2.54 bits per heavy atom. The normalized spacial score (nSPS) is 16.6. The number of hydrogen-bond donors (Lipinski definition) is 2. The molecule has 1 unspecified atom stereocenters. The second-order valence-corrected chi connectivity index (χ2v) is 8.55. The lowest BCUT2D eigenvalue weighted by Gasteiger charge is -2.23. The van der Waals surface area contributed by atoms with Crippen molar-refractivity contribution in [3.63, 3.8) is 0 Å². The summed E-state index contributed by atoms with van der Waals surface area (Å²) in [6.45, 7) is 6.08. The SMILES string of the molecule is CCN(CC)S(=O)(=O)c1cccc(NCC(=O)NC(C)(C#N)C2CC2)c1. The second kappa shape index (κ2) is 8.06. The number of amides is 1. The van der Waals surface area contributed by atoms with Gasteiger partial charge in [-0.2, -0.15) is 9.57 Å². The summed E-state index contributed by atoms with van der Waals surface area (Å²) in [6.07, 6.45) is 1.89. The van der Waals surface area contributed by atoms with E-state index in [4.69, 9.17) is 0 Å². The second-order valence-electron chi connectivity index (χ2n) is 6.61. The molecule has 2 rings (SSSR count). The molecule has 0 spiro atoms. The van der Waals surface area contributed by atoms with E-state index in [1.54, 1.807) is 39.0 Å². The Hall–Kier alpha value is -2.11. The molecule has 0 heterocycles. The van der Waals surface area contributed by atoms with Gasteiger partial charge < -0.3 is 10.6 Å². The minimum atomic E-state index is -3.55. The standard InChI is InChI=1S/C18H26N4O3S/c1-4-22(5-2)26(24,25)16-8-6-7-15(11-16)20-12-17(23)21-18(3,13-19)14-9-10-14/h6-8,11,14,20H,4-5,9-10,12H2,1-3H3,(H,21,23). The third kappa shape index (κ3) is 4.54. The molecule has 0 saturated heterocycles. The molecule has 0 bridgehead atoms. The number of benzene rings is 1. The van der Waals surface area contributed by atoms with Crippen molar-refractivity contribution in [2.24, 2.45) is 5.92 Å². The Bertz CT molecular complexity index is 795. The fourth-order valence-electron chi connectivity index (χ4n) is 2.88. The first-order valence-corrected chi connectivity index (χ1v) is 10.3. The minimum absolute atomic E-state index is 0.0290. The summed E-state index contributed by atoms with van der Waals surface area (Å²) in [6, 6.07) is 8.59. The molecule has 1 fully saturated rings. The van der Waals surface area contributed by atoms with Crippen molar-refractivity contribution in [2.45, 2.75) is 44.0 Å². The van der Waals surface area contributed by atoms with Crippen molar-refractivity contribution >= 4 is 21.6 Å². The molecule has 1 aliphatic rings. The molecular formula is C18H26N4O3S. The van der Waals surface area contributed by atoms with Crippen LogP contribution < -0.4 is 10.6 Å². The zero-order chi connectivity index (χ0) is 19.4. The highest BCUT2D eigenvalue weighted by Crippen LogP contribution is 2.39. The van der Waals surface area contributed by atoms with Gasteiger partial charge in [0.2, 0.25) is 15.9 Å². The number of hydrogen-bond acceptors (Lipinski definition) is 5. The first-order chi connectivity index (χ1) is 12.3. The number of nitriles is 1. The minimum Gasteiger partial charge on any atom is -0.376 e. The smallest absolute Gasteiger partial charge is 0.243 e. The predicted octanol–water partition coefficient (Wildman–Crippen LogP) is 1.94. The van der Waals surface area contributed by atoms with Crippen molar-refractivity contribution in [3.8, 4) is 6.07 Å². The molecule has 0 aromatic heterocycles. The van der Waals surface area contributed by atoms with Gasteiger partial charge >= 0.3 is 0 Å². The van der Waals surface area contributed by atoms with Crippen LogP contribution in [0.3, 0.4) is 0 Å². The van der Waals surface area contributed by atoms with E-state index in [0.717, 1.165) is 12.8 Å². The third-order valence-electron chi connectivity index (χ3n) is 4.66. The van der Waals surface area contributed by atoms with Gasteiger partial charge in [0.05, 0.1) is 17.5 Å². The van der Waals surface area contributed by atoms with E-state index in [1.165, 1.54) is 10.4 Å². The molecule has 26 heavy (non-hydrogen) atoms. The van der Waals surface area contributed by atoms with E-state index in [9.17, 15) is 18.5 Å². The Morgan fingerprint density at radius 1 is 1.35 bits per heavy atom. The fourth-order valence-corrected chi connectivity index (χ4v) is 4.38. The quantitative estimate of drug-likeness (QED) is 0.684. The first-order valence-electron chi connectivity index (χ1n) is 8.83. The average molecular weight is 378 g/mol. The molecule has 142 valence electrons. The topological polar surface area (TPSA) is 102 Å². The molecule has 0 aliphatic heterocycles. The van der Waals surface area contributed by atoms with Crippen molar-refractivity contribution in [1.29, 1.82) is 5.26 Å². The highest BCUT2D eigenvalue weighted by molar-refractivity contribution is 7.89. The monoisotopic (exact) mass is 378 g/mol. The lowest BCUT2D eigenvalue weighted by molar-refractivity contribution is -0.120. The van der Waals surface area contributed by atoms with Gasteiger partial charge in [0.25, 0.3) is 0 Å². The summed E-state index contributed by atoms with van der Waals surface area (Å²) in [4.78, 5) is 12.3. The average Bonchev–Trinajstić information content (AvgIpc) is 3.46. The Labute approximate surface area is 155 Å². The maximum absolute atomic E-state index is 12.6. The number of nitrogens with zero attached hydrogens (tertiary/aromatic N) is 2. The van der Waals surface area contributed by atoms with Gasteiger partial charge in [-0.3, -0.25) is 4.79 Å². The predicted molar refractivity (Wildman–Crippen MR) is 99.9 cm³/mol. The molecular weight excluding hydrogens is 352 g/mol. The summed E-state index contributed by atoms with van der Waals surface area (Å²) < 4.78 is 26.5. The molecule has 8 heteroatoms. The van der Waals surface area contributed by atoms with Crippen LogP contribution in [0.5, 0.6) is 0 Å². The summed E-state index contributed by atoms with van der Waals surface area (Å²) in [7, 11) is -3.55. The van der Waals surface area contributed by atoms with E-state index in [0.29, 0.717) is 18.8 Å². The lowest BCUT2D eigenvalue weighted by Crippen LogP contribution is -2.48. The molecule has 1 aromatic carbocycles. The van der Waals surface area contributed by atoms with Crippen molar-refractivity contribution in [3.05, 3.63) is 24.3 Å². The summed E-state index contributed by atoms with van der Waals surface area (Å²) in [5.74, 6) is -0.0862. The number of carbonyl (C=O) groups excluding carboxylic acids is 1. The van der Waals surface area contributed by atoms with Gasteiger partial charge in [0.1, 0.15) is 5.54 Å². The van der Waals surface area contributed by atoms with Crippen LogP contribution in [0.2, 0.25) is 0 Å². The van der Waals surface area contributed by atoms with Crippen LogP contribution in [0.4, 0.5) is 5.69 Å². The summed E-state index contributed by atoms with van der Waals surface area (Å²) >= 11 is 0. The maximum atomic E-state index is 12.6. The van der Waals surface area contributed by atoms with Crippen LogP contribution in [0.25, 0.3) is 0 Å². The van der Waals surface area contributed by atoms with Gasteiger partial charge in [-0.05, 0) is 43.9 Å². The Balaban J connectivity index is 2.03. The van der Waals surface area contributed by atoms with Crippen molar-refractivity contribution in [1.82, 2.24) is 9.62 Å². The number of rotatable bonds is 9. The van der Waals surface area contributed by atoms with E-state index >= 15 is 0 Å². The Morgan fingerprint density at radius 2 is 2.00 bits per heavy atom. The van der Waals surface area contributed by atoms with Crippen LogP contribution in [0.1, 0.15) is 33.6 Å². The van der Waals surface area contributed by atoms with Crippen LogP contribution in [-0.4, -0.2) is 43.8 Å². The molecule has 1 amide bonds. The van der Waals surface area contributed by atoms with E-state index in [-0.39, 0.29) is 23.3 Å². The van der Waals surface area contributed by atoms with Crippen LogP contribution in [0, 0.1) is 17.2 Å². The van der Waals surface area contributed by atoms with Gasteiger partial charge in [-0.25, -0.2) is 8.42 Å². The van der Waals surface area contributed by atoms with Gasteiger partial charge in [-0.1, -0.05) is 19.9 Å². The first kappa shape index (κ1) is 20.2. The fraction of sp³-hybridized carbons (Fsp3) is 0.556. The Kier molecular flexibility index (Phi) is 6.26. The lowest BCUT2D eigenvalue weighted by atomic mass is 9.98. The highest BCUT2D eigenvalue weighted by atomic mass is 32.2. The number of carbonyl (C=O) groups is 1. The number of anilines is 1. The zero-order valence-electron chi connectivity index (χ0n) is 15.4. The van der Waals surface area contributed by atoms with E-state index < -0.39 is 15.6 Å².